The Labute approximate surface area is 157 Å². The fourth-order valence-corrected chi connectivity index (χ4v) is 3.02. The fraction of sp³-hybridized carbons (Fsp3) is 0.250. The zero-order chi connectivity index (χ0) is 18.8. The molecule has 0 aliphatic carbocycles. The largest absolute Gasteiger partial charge is 0.439 e. The Balaban J connectivity index is 1.44. The standard InChI is InChI=1S/C20H21N5O2/c1-12-3-5-15(9-13(12)2)27-18-6-4-14(10-22-18)23-20(26)19-16-11-21-8-7-17(16)24-25-19/h3-6,9-10,21H,7-8,11H2,1-2H3,(H,23,26)(H,24,25). The lowest BCUT2D eigenvalue weighted by atomic mass is 10.1. The number of aromatic amines is 1. The number of carbonyl (C=O) groups excluding carboxylic acids is 1. The number of nitrogens with zero attached hydrogens (tertiary/aromatic N) is 2. The van der Waals surface area contributed by atoms with E-state index in [1.54, 1.807) is 18.3 Å². The molecule has 3 N–H and O–H groups in total. The van der Waals surface area contributed by atoms with Crippen LogP contribution >= 0.6 is 0 Å². The molecule has 1 aromatic carbocycles. The van der Waals surface area contributed by atoms with Crippen LogP contribution in [0.5, 0.6) is 11.6 Å². The lowest BCUT2D eigenvalue weighted by Gasteiger charge is -2.13. The van der Waals surface area contributed by atoms with Crippen molar-refractivity contribution in [3.05, 3.63) is 64.6 Å². The van der Waals surface area contributed by atoms with Crippen molar-refractivity contribution in [2.24, 2.45) is 0 Å². The van der Waals surface area contributed by atoms with Crippen LogP contribution in [0.3, 0.4) is 0 Å². The smallest absolute Gasteiger partial charge is 0.276 e. The minimum Gasteiger partial charge on any atom is -0.439 e. The Morgan fingerprint density at radius 3 is 2.85 bits per heavy atom. The van der Waals surface area contributed by atoms with Crippen LogP contribution in [0.25, 0.3) is 0 Å². The number of aryl methyl sites for hydroxylation is 2. The third-order valence-corrected chi connectivity index (χ3v) is 4.72. The average Bonchev–Trinajstić information content (AvgIpc) is 3.11. The summed E-state index contributed by atoms with van der Waals surface area (Å²) in [7, 11) is 0. The summed E-state index contributed by atoms with van der Waals surface area (Å²) in [6, 6.07) is 9.39. The van der Waals surface area contributed by atoms with Gasteiger partial charge in [0.1, 0.15) is 5.75 Å². The minimum absolute atomic E-state index is 0.249. The molecule has 0 spiro atoms. The van der Waals surface area contributed by atoms with E-state index in [4.69, 9.17) is 4.74 Å². The Morgan fingerprint density at radius 1 is 1.19 bits per heavy atom. The monoisotopic (exact) mass is 363 g/mol. The molecule has 0 bridgehead atoms. The molecule has 1 amide bonds. The van der Waals surface area contributed by atoms with E-state index in [0.29, 0.717) is 23.8 Å². The molecule has 7 nitrogen and oxygen atoms in total. The molecule has 0 atom stereocenters. The maximum absolute atomic E-state index is 12.5. The van der Waals surface area contributed by atoms with Crippen molar-refractivity contribution in [1.29, 1.82) is 0 Å². The Hall–Kier alpha value is -3.19. The highest BCUT2D eigenvalue weighted by Crippen LogP contribution is 2.23. The molecule has 27 heavy (non-hydrogen) atoms. The molecule has 3 aromatic rings. The van der Waals surface area contributed by atoms with Gasteiger partial charge in [-0.3, -0.25) is 9.89 Å². The first kappa shape index (κ1) is 17.2. The molecule has 0 fully saturated rings. The average molecular weight is 363 g/mol. The first-order chi connectivity index (χ1) is 13.1. The molecule has 2 aromatic heterocycles. The van der Waals surface area contributed by atoms with E-state index in [-0.39, 0.29) is 5.91 Å². The van der Waals surface area contributed by atoms with Gasteiger partial charge in [0, 0.05) is 36.8 Å². The molecule has 138 valence electrons. The van der Waals surface area contributed by atoms with E-state index in [1.165, 1.54) is 5.56 Å². The van der Waals surface area contributed by atoms with Crippen LogP contribution in [0.1, 0.15) is 32.9 Å². The summed E-state index contributed by atoms with van der Waals surface area (Å²) in [6.45, 7) is 5.64. The predicted octanol–water partition coefficient (Wildman–Crippen LogP) is 3.11. The van der Waals surface area contributed by atoms with E-state index in [0.717, 1.165) is 35.5 Å². The Morgan fingerprint density at radius 2 is 2.07 bits per heavy atom. The van der Waals surface area contributed by atoms with E-state index < -0.39 is 0 Å². The summed E-state index contributed by atoms with van der Waals surface area (Å²) >= 11 is 0. The maximum Gasteiger partial charge on any atom is 0.276 e. The Bertz CT molecular complexity index is 979. The van der Waals surface area contributed by atoms with Gasteiger partial charge in [-0.05, 0) is 43.2 Å². The molecule has 7 heteroatoms. The van der Waals surface area contributed by atoms with Gasteiger partial charge in [0.05, 0.1) is 11.9 Å². The zero-order valence-electron chi connectivity index (χ0n) is 15.3. The van der Waals surface area contributed by atoms with Crippen molar-refractivity contribution in [1.82, 2.24) is 20.5 Å². The number of anilines is 1. The molecule has 1 aliphatic rings. The van der Waals surface area contributed by atoms with Crippen LogP contribution in [-0.2, 0) is 13.0 Å². The molecule has 0 saturated heterocycles. The number of pyridine rings is 1. The highest BCUT2D eigenvalue weighted by Gasteiger charge is 2.21. The van der Waals surface area contributed by atoms with Crippen molar-refractivity contribution in [3.63, 3.8) is 0 Å². The van der Waals surface area contributed by atoms with E-state index in [2.05, 4.69) is 32.7 Å². The van der Waals surface area contributed by atoms with Gasteiger partial charge in [0.15, 0.2) is 5.69 Å². The maximum atomic E-state index is 12.5. The number of amides is 1. The van der Waals surface area contributed by atoms with E-state index in [9.17, 15) is 4.79 Å². The van der Waals surface area contributed by atoms with E-state index >= 15 is 0 Å². The van der Waals surface area contributed by atoms with Crippen LogP contribution in [0.2, 0.25) is 0 Å². The normalized spacial score (nSPS) is 13.1. The molecule has 3 heterocycles. The second-order valence-corrected chi connectivity index (χ2v) is 6.64. The SMILES string of the molecule is Cc1ccc(Oc2ccc(NC(=O)c3n[nH]c4c3CNCC4)cn2)cc1C. The summed E-state index contributed by atoms with van der Waals surface area (Å²) in [6.07, 6.45) is 2.42. The van der Waals surface area contributed by atoms with Gasteiger partial charge in [0.2, 0.25) is 5.88 Å². The second kappa shape index (κ2) is 7.20. The summed E-state index contributed by atoms with van der Waals surface area (Å²) < 4.78 is 5.77. The topological polar surface area (TPSA) is 91.9 Å². The van der Waals surface area contributed by atoms with Crippen molar-refractivity contribution in [2.75, 3.05) is 11.9 Å². The predicted molar refractivity (Wildman–Crippen MR) is 102 cm³/mol. The van der Waals surface area contributed by atoms with Gasteiger partial charge in [-0.25, -0.2) is 4.98 Å². The van der Waals surface area contributed by atoms with Crippen LogP contribution < -0.4 is 15.4 Å². The number of carbonyl (C=O) groups is 1. The van der Waals surface area contributed by atoms with Gasteiger partial charge < -0.3 is 15.4 Å². The highest BCUT2D eigenvalue weighted by molar-refractivity contribution is 6.04. The highest BCUT2D eigenvalue weighted by atomic mass is 16.5. The zero-order valence-corrected chi connectivity index (χ0v) is 15.3. The minimum atomic E-state index is -0.249. The summed E-state index contributed by atoms with van der Waals surface area (Å²) in [5, 5.41) is 13.2. The molecular formula is C20H21N5O2. The van der Waals surface area contributed by atoms with Crippen molar-refractivity contribution in [3.8, 4) is 11.6 Å². The number of ether oxygens (including phenoxy) is 1. The number of nitrogens with one attached hydrogen (secondary N) is 3. The first-order valence-corrected chi connectivity index (χ1v) is 8.89. The van der Waals surface area contributed by atoms with Gasteiger partial charge in [0.25, 0.3) is 5.91 Å². The molecule has 0 saturated carbocycles. The van der Waals surface area contributed by atoms with Crippen LogP contribution in [0, 0.1) is 13.8 Å². The lowest BCUT2D eigenvalue weighted by molar-refractivity contribution is 0.102. The quantitative estimate of drug-likeness (QED) is 0.662. The fourth-order valence-electron chi connectivity index (χ4n) is 3.02. The second-order valence-electron chi connectivity index (χ2n) is 6.64. The number of hydrogen-bond donors (Lipinski definition) is 3. The van der Waals surface area contributed by atoms with E-state index in [1.807, 2.05) is 25.1 Å². The molecule has 0 unspecified atom stereocenters. The number of benzene rings is 1. The lowest BCUT2D eigenvalue weighted by Crippen LogP contribution is -2.25. The van der Waals surface area contributed by atoms with Gasteiger partial charge in [-0.2, -0.15) is 5.10 Å². The molecule has 0 radical (unpaired) electrons. The van der Waals surface area contributed by atoms with Crippen molar-refractivity contribution in [2.45, 2.75) is 26.8 Å². The third kappa shape index (κ3) is 3.68. The number of hydrogen-bond acceptors (Lipinski definition) is 5. The summed E-state index contributed by atoms with van der Waals surface area (Å²) in [4.78, 5) is 16.8. The first-order valence-electron chi connectivity index (χ1n) is 8.89. The molecule has 1 aliphatic heterocycles. The van der Waals surface area contributed by atoms with Crippen LogP contribution in [-0.4, -0.2) is 27.6 Å². The third-order valence-electron chi connectivity index (χ3n) is 4.72. The van der Waals surface area contributed by atoms with Gasteiger partial charge in [-0.15, -0.1) is 0 Å². The number of H-pyrrole nitrogens is 1. The summed E-state index contributed by atoms with van der Waals surface area (Å²) in [5.41, 5.74) is 5.34. The number of rotatable bonds is 4. The molecular weight excluding hydrogens is 342 g/mol. The van der Waals surface area contributed by atoms with Crippen LogP contribution in [0.15, 0.2) is 36.5 Å². The van der Waals surface area contributed by atoms with Crippen LogP contribution in [0.4, 0.5) is 5.69 Å². The Kier molecular flexibility index (Phi) is 4.60. The van der Waals surface area contributed by atoms with Gasteiger partial charge >= 0.3 is 0 Å². The summed E-state index contributed by atoms with van der Waals surface area (Å²) in [5.74, 6) is 0.955. The van der Waals surface area contributed by atoms with Crippen molar-refractivity contribution < 1.29 is 9.53 Å². The number of fused-ring (bicyclic) bond motifs is 1. The van der Waals surface area contributed by atoms with Crippen molar-refractivity contribution >= 4 is 11.6 Å². The number of aromatic nitrogens is 3. The van der Waals surface area contributed by atoms with Gasteiger partial charge in [-0.1, -0.05) is 6.07 Å². The molecule has 4 rings (SSSR count).